The standard InChI is InChI=1S/C21H16N4O4S/c26-17-9-7-14(19(27)22-17)25-15-10-12(6-8-16(15)29-21(25)28)11-18-23-24-20(30-18)13-4-2-1-3-5-13/h1-6,8,10,14H,7,9,11H2,(H,22,26,27). The number of amides is 2. The Hall–Kier alpha value is -3.59. The first-order valence-electron chi connectivity index (χ1n) is 9.44. The van der Waals surface area contributed by atoms with Crippen molar-refractivity contribution in [2.45, 2.75) is 25.3 Å². The molecule has 0 spiro atoms. The summed E-state index contributed by atoms with van der Waals surface area (Å²) in [6.07, 6.45) is 0.984. The summed E-state index contributed by atoms with van der Waals surface area (Å²) >= 11 is 1.51. The molecule has 9 heteroatoms. The zero-order valence-electron chi connectivity index (χ0n) is 15.7. The number of hydrogen-bond acceptors (Lipinski definition) is 7. The van der Waals surface area contributed by atoms with E-state index in [0.717, 1.165) is 21.1 Å². The van der Waals surface area contributed by atoms with Gasteiger partial charge >= 0.3 is 5.76 Å². The predicted molar refractivity (Wildman–Crippen MR) is 110 cm³/mol. The molecule has 1 N–H and O–H groups in total. The lowest BCUT2D eigenvalue weighted by Crippen LogP contribution is -2.43. The van der Waals surface area contributed by atoms with Crippen molar-refractivity contribution in [2.24, 2.45) is 0 Å². The fraction of sp³-hybridized carbons (Fsp3) is 0.190. The Kier molecular flexibility index (Phi) is 4.51. The maximum Gasteiger partial charge on any atom is 0.420 e. The Labute approximate surface area is 174 Å². The van der Waals surface area contributed by atoms with Gasteiger partial charge in [0.05, 0.1) is 5.52 Å². The summed E-state index contributed by atoms with van der Waals surface area (Å²) in [6.45, 7) is 0. The summed E-state index contributed by atoms with van der Waals surface area (Å²) in [5, 5.41) is 12.5. The number of aromatic nitrogens is 3. The highest BCUT2D eigenvalue weighted by Crippen LogP contribution is 2.27. The molecule has 0 saturated carbocycles. The van der Waals surface area contributed by atoms with Crippen molar-refractivity contribution in [3.63, 3.8) is 0 Å². The van der Waals surface area contributed by atoms with Crippen LogP contribution >= 0.6 is 11.3 Å². The minimum atomic E-state index is -0.766. The van der Waals surface area contributed by atoms with Gasteiger partial charge in [-0.2, -0.15) is 0 Å². The van der Waals surface area contributed by atoms with Crippen LogP contribution in [0.25, 0.3) is 21.7 Å². The third-order valence-electron chi connectivity index (χ3n) is 5.04. The molecule has 2 aromatic heterocycles. The average Bonchev–Trinajstić information content (AvgIpc) is 3.33. The number of benzene rings is 2. The molecule has 1 fully saturated rings. The van der Waals surface area contributed by atoms with Crippen LogP contribution in [-0.2, 0) is 16.0 Å². The van der Waals surface area contributed by atoms with Crippen LogP contribution in [-0.4, -0.2) is 26.6 Å². The Morgan fingerprint density at radius 3 is 2.73 bits per heavy atom. The van der Waals surface area contributed by atoms with E-state index in [1.165, 1.54) is 15.9 Å². The Morgan fingerprint density at radius 1 is 1.10 bits per heavy atom. The van der Waals surface area contributed by atoms with Crippen molar-refractivity contribution in [1.29, 1.82) is 0 Å². The van der Waals surface area contributed by atoms with Gasteiger partial charge in [-0.1, -0.05) is 47.7 Å². The highest BCUT2D eigenvalue weighted by atomic mass is 32.1. The summed E-state index contributed by atoms with van der Waals surface area (Å²) in [5.41, 5.74) is 2.86. The lowest BCUT2D eigenvalue weighted by molar-refractivity contribution is -0.135. The number of carbonyl (C=O) groups is 2. The number of fused-ring (bicyclic) bond motifs is 1. The van der Waals surface area contributed by atoms with Gasteiger partial charge in [-0.25, -0.2) is 4.79 Å². The molecular weight excluding hydrogens is 404 g/mol. The van der Waals surface area contributed by atoms with Gasteiger partial charge in [-0.05, 0) is 24.1 Å². The van der Waals surface area contributed by atoms with E-state index in [2.05, 4.69) is 15.5 Å². The Bertz CT molecular complexity index is 1320. The van der Waals surface area contributed by atoms with Crippen molar-refractivity contribution in [3.8, 4) is 10.6 Å². The third-order valence-corrected chi connectivity index (χ3v) is 6.01. The zero-order chi connectivity index (χ0) is 20.7. The molecule has 1 unspecified atom stereocenters. The molecule has 8 nitrogen and oxygen atoms in total. The summed E-state index contributed by atoms with van der Waals surface area (Å²) in [6, 6.07) is 14.5. The summed E-state index contributed by atoms with van der Waals surface area (Å²) < 4.78 is 6.64. The third kappa shape index (κ3) is 3.33. The average molecular weight is 420 g/mol. The molecule has 1 atom stereocenters. The Balaban J connectivity index is 1.47. The first-order chi connectivity index (χ1) is 14.6. The lowest BCUT2D eigenvalue weighted by Gasteiger charge is -2.21. The summed E-state index contributed by atoms with van der Waals surface area (Å²) in [7, 11) is 0. The number of hydrogen-bond donors (Lipinski definition) is 1. The van der Waals surface area contributed by atoms with E-state index >= 15 is 0 Å². The first kappa shape index (κ1) is 18.4. The van der Waals surface area contributed by atoms with Crippen LogP contribution < -0.4 is 11.1 Å². The van der Waals surface area contributed by atoms with Crippen LogP contribution in [0.3, 0.4) is 0 Å². The van der Waals surface area contributed by atoms with E-state index in [0.29, 0.717) is 17.5 Å². The fourth-order valence-electron chi connectivity index (χ4n) is 3.61. The number of nitrogens with zero attached hydrogens (tertiary/aromatic N) is 3. The van der Waals surface area contributed by atoms with Gasteiger partial charge in [-0.15, -0.1) is 10.2 Å². The minimum Gasteiger partial charge on any atom is -0.408 e. The predicted octanol–water partition coefficient (Wildman–Crippen LogP) is 2.68. The van der Waals surface area contributed by atoms with Crippen LogP contribution in [0.4, 0.5) is 0 Å². The van der Waals surface area contributed by atoms with E-state index < -0.39 is 17.7 Å². The summed E-state index contributed by atoms with van der Waals surface area (Å²) in [4.78, 5) is 36.1. The van der Waals surface area contributed by atoms with E-state index in [-0.39, 0.29) is 18.7 Å². The molecule has 2 aromatic carbocycles. The highest BCUT2D eigenvalue weighted by Gasteiger charge is 2.31. The molecule has 3 heterocycles. The number of oxazole rings is 1. The van der Waals surface area contributed by atoms with Gasteiger partial charge in [0.2, 0.25) is 11.8 Å². The van der Waals surface area contributed by atoms with Crippen LogP contribution in [0, 0.1) is 0 Å². The van der Waals surface area contributed by atoms with E-state index in [1.54, 1.807) is 6.07 Å². The van der Waals surface area contributed by atoms with Gasteiger partial charge in [-0.3, -0.25) is 19.5 Å². The second kappa shape index (κ2) is 7.34. The number of carbonyl (C=O) groups excluding carboxylic acids is 2. The van der Waals surface area contributed by atoms with Crippen LogP contribution in [0.1, 0.15) is 29.5 Å². The van der Waals surface area contributed by atoms with Gasteiger partial charge in [0, 0.05) is 18.4 Å². The first-order valence-corrected chi connectivity index (χ1v) is 10.3. The second-order valence-electron chi connectivity index (χ2n) is 7.05. The largest absolute Gasteiger partial charge is 0.420 e. The van der Waals surface area contributed by atoms with Crippen molar-refractivity contribution in [3.05, 3.63) is 69.7 Å². The van der Waals surface area contributed by atoms with Gasteiger partial charge in [0.25, 0.3) is 0 Å². The molecule has 1 aliphatic rings. The molecule has 5 rings (SSSR count). The second-order valence-corrected chi connectivity index (χ2v) is 8.11. The smallest absolute Gasteiger partial charge is 0.408 e. The van der Waals surface area contributed by atoms with Crippen molar-refractivity contribution in [1.82, 2.24) is 20.1 Å². The number of rotatable bonds is 4. The number of piperidine rings is 1. The zero-order valence-corrected chi connectivity index (χ0v) is 16.5. The Morgan fingerprint density at radius 2 is 1.93 bits per heavy atom. The van der Waals surface area contributed by atoms with Crippen LogP contribution in [0.5, 0.6) is 0 Å². The molecular formula is C21H16N4O4S. The number of nitrogens with one attached hydrogen (secondary N) is 1. The van der Waals surface area contributed by atoms with Crippen LogP contribution in [0.2, 0.25) is 0 Å². The quantitative estimate of drug-likeness (QED) is 0.509. The van der Waals surface area contributed by atoms with Crippen molar-refractivity contribution >= 4 is 34.3 Å². The minimum absolute atomic E-state index is 0.183. The van der Waals surface area contributed by atoms with Gasteiger partial charge < -0.3 is 4.42 Å². The monoisotopic (exact) mass is 420 g/mol. The molecule has 0 radical (unpaired) electrons. The fourth-order valence-corrected chi connectivity index (χ4v) is 4.49. The van der Waals surface area contributed by atoms with E-state index in [9.17, 15) is 14.4 Å². The highest BCUT2D eigenvalue weighted by molar-refractivity contribution is 7.14. The molecule has 150 valence electrons. The van der Waals surface area contributed by atoms with Gasteiger partial charge in [0.15, 0.2) is 5.58 Å². The number of imide groups is 1. The molecule has 0 aliphatic carbocycles. The SMILES string of the molecule is O=C1CCC(n2c(=O)oc3ccc(Cc4nnc(-c5ccccc5)s4)cc32)C(=O)N1. The molecule has 4 aromatic rings. The van der Waals surface area contributed by atoms with Crippen molar-refractivity contribution < 1.29 is 14.0 Å². The maximum absolute atomic E-state index is 12.4. The lowest BCUT2D eigenvalue weighted by atomic mass is 10.1. The topological polar surface area (TPSA) is 107 Å². The molecule has 1 aliphatic heterocycles. The molecule has 1 saturated heterocycles. The molecule has 2 amide bonds. The normalized spacial score (nSPS) is 16.7. The van der Waals surface area contributed by atoms with Gasteiger partial charge in [0.1, 0.15) is 16.1 Å². The van der Waals surface area contributed by atoms with E-state index in [4.69, 9.17) is 4.42 Å². The van der Waals surface area contributed by atoms with E-state index in [1.807, 2.05) is 42.5 Å². The van der Waals surface area contributed by atoms with Crippen LogP contribution in [0.15, 0.2) is 57.7 Å². The summed E-state index contributed by atoms with van der Waals surface area (Å²) in [5.74, 6) is -1.43. The molecule has 30 heavy (non-hydrogen) atoms. The maximum atomic E-state index is 12.4. The molecule has 0 bridgehead atoms. The van der Waals surface area contributed by atoms with Crippen molar-refractivity contribution in [2.75, 3.05) is 0 Å².